The van der Waals surface area contributed by atoms with Crippen LogP contribution in [0.1, 0.15) is 11.1 Å². The average molecular weight is 343 g/mol. The molecule has 0 aromatic heterocycles. The third-order valence-corrected chi connectivity index (χ3v) is 4.26. The van der Waals surface area contributed by atoms with Crippen LogP contribution in [0.15, 0.2) is 53.0 Å². The monoisotopic (exact) mass is 342 g/mol. The van der Waals surface area contributed by atoms with Gasteiger partial charge in [-0.15, -0.1) is 0 Å². The molecule has 0 aliphatic carbocycles. The Kier molecular flexibility index (Phi) is 5.13. The predicted molar refractivity (Wildman–Crippen MR) is 86.8 cm³/mol. The molecule has 2 aromatic rings. The molecule has 21 heavy (non-hydrogen) atoms. The summed E-state index contributed by atoms with van der Waals surface area (Å²) in [5.41, 5.74) is 2.69. The van der Waals surface area contributed by atoms with Crippen LogP contribution < -0.4 is 5.32 Å². The van der Waals surface area contributed by atoms with Crippen LogP contribution in [0.2, 0.25) is 0 Å². The second-order valence-electron chi connectivity index (χ2n) is 4.80. The molecule has 2 rings (SSSR count). The largest absolute Gasteiger partial charge is 0.324 e. The van der Waals surface area contributed by atoms with Crippen molar-refractivity contribution in [2.45, 2.75) is 13.3 Å². The van der Waals surface area contributed by atoms with Gasteiger partial charge in [-0.2, -0.15) is 5.26 Å². The van der Waals surface area contributed by atoms with Gasteiger partial charge in [-0.05, 0) is 46.5 Å². The number of rotatable bonds is 4. The zero-order chi connectivity index (χ0) is 15.2. The minimum Gasteiger partial charge on any atom is -0.324 e. The van der Waals surface area contributed by atoms with E-state index in [-0.39, 0.29) is 5.91 Å². The summed E-state index contributed by atoms with van der Waals surface area (Å²) in [6, 6.07) is 17.3. The number of anilines is 1. The number of hydrogen-bond donors (Lipinski definition) is 1. The molecule has 0 aliphatic rings. The summed E-state index contributed by atoms with van der Waals surface area (Å²) in [5, 5.41) is 12.1. The molecule has 1 atom stereocenters. The number of carbonyl (C=O) groups is 1. The quantitative estimate of drug-likeness (QED) is 0.909. The standard InChI is InChI=1S/C17H15BrN2O/c1-12-6-5-9-15(16(12)18)20-17(21)14(11-19)10-13-7-3-2-4-8-13/h2-9,14H,10H2,1H3,(H,20,21). The first-order chi connectivity index (χ1) is 10.1. The highest BCUT2D eigenvalue weighted by Crippen LogP contribution is 2.26. The molecule has 0 radical (unpaired) electrons. The molecule has 2 aromatic carbocycles. The lowest BCUT2D eigenvalue weighted by atomic mass is 10.00. The maximum atomic E-state index is 12.3. The average Bonchev–Trinajstić information content (AvgIpc) is 2.50. The van der Waals surface area contributed by atoms with E-state index in [0.29, 0.717) is 12.1 Å². The first-order valence-electron chi connectivity index (χ1n) is 6.61. The number of nitrogens with zero attached hydrogens (tertiary/aromatic N) is 1. The summed E-state index contributed by atoms with van der Waals surface area (Å²) in [6.45, 7) is 1.95. The molecule has 106 valence electrons. The van der Waals surface area contributed by atoms with Gasteiger partial charge in [0.1, 0.15) is 5.92 Å². The molecule has 0 heterocycles. The van der Waals surface area contributed by atoms with Gasteiger partial charge in [0, 0.05) is 4.47 Å². The third kappa shape index (κ3) is 3.93. The Hall–Kier alpha value is -2.12. The van der Waals surface area contributed by atoms with E-state index in [1.54, 1.807) is 0 Å². The second-order valence-corrected chi connectivity index (χ2v) is 5.59. The van der Waals surface area contributed by atoms with Crippen LogP contribution >= 0.6 is 15.9 Å². The number of nitrogens with one attached hydrogen (secondary N) is 1. The van der Waals surface area contributed by atoms with Gasteiger partial charge < -0.3 is 5.32 Å². The van der Waals surface area contributed by atoms with E-state index in [1.165, 1.54) is 0 Å². The number of nitriles is 1. The van der Waals surface area contributed by atoms with Gasteiger partial charge >= 0.3 is 0 Å². The summed E-state index contributed by atoms with van der Waals surface area (Å²) in [6.07, 6.45) is 0.409. The van der Waals surface area contributed by atoms with E-state index < -0.39 is 5.92 Å². The Labute approximate surface area is 132 Å². The van der Waals surface area contributed by atoms with E-state index in [9.17, 15) is 10.1 Å². The molecule has 1 unspecified atom stereocenters. The van der Waals surface area contributed by atoms with E-state index in [1.807, 2.05) is 55.5 Å². The minimum atomic E-state index is -0.709. The lowest BCUT2D eigenvalue weighted by Crippen LogP contribution is -2.23. The van der Waals surface area contributed by atoms with E-state index in [0.717, 1.165) is 15.6 Å². The van der Waals surface area contributed by atoms with Gasteiger partial charge in [-0.3, -0.25) is 4.79 Å². The number of carbonyl (C=O) groups excluding carboxylic acids is 1. The maximum Gasteiger partial charge on any atom is 0.242 e. The number of halogens is 1. The number of hydrogen-bond acceptors (Lipinski definition) is 2. The number of benzene rings is 2. The third-order valence-electron chi connectivity index (χ3n) is 3.20. The fraction of sp³-hybridized carbons (Fsp3) is 0.176. The van der Waals surface area contributed by atoms with Crippen molar-refractivity contribution in [1.82, 2.24) is 0 Å². The molecule has 0 aliphatic heterocycles. The minimum absolute atomic E-state index is 0.285. The zero-order valence-electron chi connectivity index (χ0n) is 11.6. The van der Waals surface area contributed by atoms with Crippen LogP contribution in [0.25, 0.3) is 0 Å². The Morgan fingerprint density at radius 3 is 2.62 bits per heavy atom. The lowest BCUT2D eigenvalue weighted by Gasteiger charge is -2.12. The topological polar surface area (TPSA) is 52.9 Å². The normalized spacial score (nSPS) is 11.5. The summed E-state index contributed by atoms with van der Waals surface area (Å²) in [4.78, 5) is 12.3. The smallest absolute Gasteiger partial charge is 0.242 e. The highest BCUT2D eigenvalue weighted by atomic mass is 79.9. The summed E-state index contributed by atoms with van der Waals surface area (Å²) < 4.78 is 0.842. The van der Waals surface area contributed by atoms with Crippen molar-refractivity contribution in [2.75, 3.05) is 5.32 Å². The fourth-order valence-corrected chi connectivity index (χ4v) is 2.37. The van der Waals surface area contributed by atoms with Crippen molar-refractivity contribution in [1.29, 1.82) is 5.26 Å². The van der Waals surface area contributed by atoms with Crippen LogP contribution in [0.5, 0.6) is 0 Å². The number of amides is 1. The fourth-order valence-electron chi connectivity index (χ4n) is 2.01. The first kappa shape index (κ1) is 15.3. The van der Waals surface area contributed by atoms with E-state index in [2.05, 4.69) is 27.3 Å². The van der Waals surface area contributed by atoms with Gasteiger partial charge in [0.2, 0.25) is 5.91 Å². The maximum absolute atomic E-state index is 12.3. The SMILES string of the molecule is Cc1cccc(NC(=O)C(C#N)Cc2ccccc2)c1Br. The molecule has 0 saturated heterocycles. The summed E-state index contributed by atoms with van der Waals surface area (Å²) >= 11 is 3.45. The molecule has 0 saturated carbocycles. The molecule has 4 heteroatoms. The van der Waals surface area contributed by atoms with Gasteiger partial charge in [0.15, 0.2) is 0 Å². The van der Waals surface area contributed by atoms with Crippen molar-refractivity contribution in [3.63, 3.8) is 0 Å². The molecular formula is C17H15BrN2O. The Morgan fingerprint density at radius 1 is 1.24 bits per heavy atom. The van der Waals surface area contributed by atoms with Crippen molar-refractivity contribution in [2.24, 2.45) is 5.92 Å². The van der Waals surface area contributed by atoms with Crippen molar-refractivity contribution in [3.05, 3.63) is 64.1 Å². The molecule has 1 N–H and O–H groups in total. The molecule has 1 amide bonds. The Bertz CT molecular complexity index is 677. The van der Waals surface area contributed by atoms with Crippen LogP contribution in [0, 0.1) is 24.2 Å². The van der Waals surface area contributed by atoms with Crippen LogP contribution in [0.3, 0.4) is 0 Å². The highest BCUT2D eigenvalue weighted by molar-refractivity contribution is 9.10. The van der Waals surface area contributed by atoms with Gasteiger partial charge in [0.05, 0.1) is 11.8 Å². The predicted octanol–water partition coefficient (Wildman–Crippen LogP) is 4.08. The zero-order valence-corrected chi connectivity index (χ0v) is 13.2. The first-order valence-corrected chi connectivity index (χ1v) is 7.40. The molecule has 0 fully saturated rings. The summed E-state index contributed by atoms with van der Waals surface area (Å²) in [7, 11) is 0. The van der Waals surface area contributed by atoms with Crippen LogP contribution in [0.4, 0.5) is 5.69 Å². The van der Waals surface area contributed by atoms with E-state index >= 15 is 0 Å². The van der Waals surface area contributed by atoms with Gasteiger partial charge in [0.25, 0.3) is 0 Å². The summed E-state index contributed by atoms with van der Waals surface area (Å²) in [5.74, 6) is -0.993. The van der Waals surface area contributed by atoms with Crippen molar-refractivity contribution < 1.29 is 4.79 Å². The lowest BCUT2D eigenvalue weighted by molar-refractivity contribution is -0.118. The van der Waals surface area contributed by atoms with Gasteiger partial charge in [-0.25, -0.2) is 0 Å². The molecule has 0 bridgehead atoms. The molecule has 0 spiro atoms. The van der Waals surface area contributed by atoms with Crippen molar-refractivity contribution >= 4 is 27.5 Å². The second kappa shape index (κ2) is 7.05. The number of aryl methyl sites for hydroxylation is 1. The van der Waals surface area contributed by atoms with Gasteiger partial charge in [-0.1, -0.05) is 42.5 Å². The van der Waals surface area contributed by atoms with Crippen LogP contribution in [-0.4, -0.2) is 5.91 Å². The molecular weight excluding hydrogens is 328 g/mol. The van der Waals surface area contributed by atoms with Crippen LogP contribution in [-0.2, 0) is 11.2 Å². The highest BCUT2D eigenvalue weighted by Gasteiger charge is 2.19. The van der Waals surface area contributed by atoms with E-state index in [4.69, 9.17) is 0 Å². The Morgan fingerprint density at radius 2 is 1.95 bits per heavy atom. The molecule has 3 nitrogen and oxygen atoms in total. The van der Waals surface area contributed by atoms with Crippen molar-refractivity contribution in [3.8, 4) is 6.07 Å². The Balaban J connectivity index is 2.11.